The fourth-order valence-corrected chi connectivity index (χ4v) is 4.14. The van der Waals surface area contributed by atoms with Crippen molar-refractivity contribution >= 4 is 28.2 Å². The molecule has 4 rings (SSSR count). The van der Waals surface area contributed by atoms with E-state index < -0.39 is 0 Å². The number of aromatic nitrogens is 1. The second-order valence-corrected chi connectivity index (χ2v) is 7.34. The predicted molar refractivity (Wildman–Crippen MR) is 101 cm³/mol. The summed E-state index contributed by atoms with van der Waals surface area (Å²) in [4.78, 5) is 20.4. The lowest BCUT2D eigenvalue weighted by Crippen LogP contribution is -2.47. The Hall–Kier alpha value is -2.32. The minimum absolute atomic E-state index is 0.0933. The third-order valence-corrected chi connectivity index (χ3v) is 5.71. The molecule has 1 aromatic heterocycles. The van der Waals surface area contributed by atoms with Gasteiger partial charge in [-0.05, 0) is 24.6 Å². The summed E-state index contributed by atoms with van der Waals surface area (Å²) < 4.78 is 10.9. The number of carbonyl (C=O) groups is 1. The summed E-state index contributed by atoms with van der Waals surface area (Å²) in [6.45, 7) is 7.79. The van der Waals surface area contributed by atoms with Crippen molar-refractivity contribution in [3.63, 3.8) is 0 Å². The van der Waals surface area contributed by atoms with Crippen LogP contribution < -0.4 is 19.7 Å². The Morgan fingerprint density at radius 3 is 2.77 bits per heavy atom. The van der Waals surface area contributed by atoms with Crippen molar-refractivity contribution in [3.8, 4) is 11.5 Å². The van der Waals surface area contributed by atoms with Crippen molar-refractivity contribution in [1.29, 1.82) is 0 Å². The largest absolute Gasteiger partial charge is 0.454 e. The standard InChI is InChI=1S/C18H22N4O3S/c1-12(14-3-4-15-16(9-14)25-11-24-15)21-5-7-22(8-6-21)18-20-17(10-26-18)19-13(2)23/h3-4,9-10,12H,5-8,11H2,1-2H3,(H,19,23). The maximum absolute atomic E-state index is 11.1. The molecule has 0 aliphatic carbocycles. The van der Waals surface area contributed by atoms with Crippen LogP contribution in [0.25, 0.3) is 0 Å². The monoisotopic (exact) mass is 374 g/mol. The molecule has 0 bridgehead atoms. The molecule has 1 unspecified atom stereocenters. The fourth-order valence-electron chi connectivity index (χ4n) is 3.33. The van der Waals surface area contributed by atoms with Gasteiger partial charge in [-0.15, -0.1) is 11.3 Å². The fraction of sp³-hybridized carbons (Fsp3) is 0.444. The van der Waals surface area contributed by atoms with Crippen molar-refractivity contribution in [2.75, 3.05) is 43.2 Å². The number of benzene rings is 1. The van der Waals surface area contributed by atoms with Gasteiger partial charge < -0.3 is 19.7 Å². The summed E-state index contributed by atoms with van der Waals surface area (Å²) in [5.41, 5.74) is 1.24. The molecule has 26 heavy (non-hydrogen) atoms. The summed E-state index contributed by atoms with van der Waals surface area (Å²) in [5.74, 6) is 2.20. The zero-order valence-electron chi connectivity index (χ0n) is 14.9. The number of nitrogens with one attached hydrogen (secondary N) is 1. The van der Waals surface area contributed by atoms with Crippen LogP contribution in [0.15, 0.2) is 23.6 Å². The van der Waals surface area contributed by atoms with Crippen LogP contribution in [0.4, 0.5) is 10.9 Å². The highest BCUT2D eigenvalue weighted by atomic mass is 32.1. The highest BCUT2D eigenvalue weighted by Gasteiger charge is 2.25. The summed E-state index contributed by atoms with van der Waals surface area (Å²) in [6, 6.07) is 6.51. The van der Waals surface area contributed by atoms with Gasteiger partial charge >= 0.3 is 0 Å². The third-order valence-electron chi connectivity index (χ3n) is 4.81. The van der Waals surface area contributed by atoms with E-state index in [1.165, 1.54) is 12.5 Å². The first-order chi connectivity index (χ1) is 12.6. The van der Waals surface area contributed by atoms with Gasteiger partial charge in [0.05, 0.1) is 0 Å². The molecule has 0 spiro atoms. The number of ether oxygens (including phenoxy) is 2. The molecule has 2 aliphatic heterocycles. The molecule has 1 fully saturated rings. The molecule has 3 heterocycles. The second-order valence-electron chi connectivity index (χ2n) is 6.51. The highest BCUT2D eigenvalue weighted by molar-refractivity contribution is 7.14. The number of anilines is 2. The van der Waals surface area contributed by atoms with E-state index in [-0.39, 0.29) is 5.91 Å². The Labute approximate surface area is 156 Å². The van der Waals surface area contributed by atoms with Crippen LogP contribution in [0.5, 0.6) is 11.5 Å². The number of piperazine rings is 1. The lowest BCUT2D eigenvalue weighted by atomic mass is 10.1. The first kappa shape index (κ1) is 17.1. The smallest absolute Gasteiger partial charge is 0.231 e. The molecule has 138 valence electrons. The van der Waals surface area contributed by atoms with E-state index in [0.717, 1.165) is 42.8 Å². The Kier molecular flexibility index (Phi) is 4.69. The zero-order valence-corrected chi connectivity index (χ0v) is 15.7. The second kappa shape index (κ2) is 7.13. The van der Waals surface area contributed by atoms with Gasteiger partial charge in [0.1, 0.15) is 5.82 Å². The molecule has 7 nitrogen and oxygen atoms in total. The number of hydrogen-bond donors (Lipinski definition) is 1. The quantitative estimate of drug-likeness (QED) is 0.888. The molecular formula is C18H22N4O3S. The van der Waals surface area contributed by atoms with Crippen LogP contribution in [0, 0.1) is 0 Å². The van der Waals surface area contributed by atoms with E-state index in [0.29, 0.717) is 18.7 Å². The molecule has 1 aromatic carbocycles. The minimum atomic E-state index is -0.0933. The van der Waals surface area contributed by atoms with Crippen LogP contribution >= 0.6 is 11.3 Å². The Morgan fingerprint density at radius 2 is 2.00 bits per heavy atom. The van der Waals surface area contributed by atoms with Crippen molar-refractivity contribution in [3.05, 3.63) is 29.1 Å². The van der Waals surface area contributed by atoms with Crippen LogP contribution in [0.3, 0.4) is 0 Å². The molecule has 0 saturated carbocycles. The zero-order chi connectivity index (χ0) is 18.1. The SMILES string of the molecule is CC(=O)Nc1csc(N2CCN(C(C)c3ccc4c(c3)OCO4)CC2)n1. The lowest BCUT2D eigenvalue weighted by molar-refractivity contribution is -0.114. The van der Waals surface area contributed by atoms with E-state index in [2.05, 4.69) is 39.2 Å². The number of nitrogens with zero attached hydrogens (tertiary/aromatic N) is 3. The van der Waals surface area contributed by atoms with Gasteiger partial charge in [0.2, 0.25) is 12.7 Å². The first-order valence-electron chi connectivity index (χ1n) is 8.72. The molecule has 1 atom stereocenters. The summed E-state index contributed by atoms with van der Waals surface area (Å²) >= 11 is 1.57. The van der Waals surface area contributed by atoms with E-state index in [4.69, 9.17) is 9.47 Å². The summed E-state index contributed by atoms with van der Waals surface area (Å²) in [5, 5.41) is 5.58. The number of amides is 1. The van der Waals surface area contributed by atoms with Gasteiger partial charge in [0.25, 0.3) is 0 Å². The van der Waals surface area contributed by atoms with Gasteiger partial charge in [-0.1, -0.05) is 6.07 Å². The van der Waals surface area contributed by atoms with Gasteiger partial charge in [0.15, 0.2) is 16.6 Å². The molecule has 8 heteroatoms. The van der Waals surface area contributed by atoms with E-state index in [9.17, 15) is 4.79 Å². The van der Waals surface area contributed by atoms with Gasteiger partial charge in [0, 0.05) is 44.5 Å². The average molecular weight is 374 g/mol. The minimum Gasteiger partial charge on any atom is -0.454 e. The first-order valence-corrected chi connectivity index (χ1v) is 9.60. The van der Waals surface area contributed by atoms with Gasteiger partial charge in [-0.25, -0.2) is 4.98 Å². The molecule has 2 aromatic rings. The Morgan fingerprint density at radius 1 is 1.23 bits per heavy atom. The Balaban J connectivity index is 1.37. The number of rotatable bonds is 4. The maximum atomic E-state index is 11.1. The number of carbonyl (C=O) groups excluding carboxylic acids is 1. The molecule has 1 N–H and O–H groups in total. The van der Waals surface area contributed by atoms with Gasteiger partial charge in [-0.3, -0.25) is 9.69 Å². The predicted octanol–water partition coefficient (Wildman–Crippen LogP) is 2.71. The maximum Gasteiger partial charge on any atom is 0.231 e. The average Bonchev–Trinajstić information content (AvgIpc) is 3.29. The van der Waals surface area contributed by atoms with Crippen molar-refractivity contribution in [1.82, 2.24) is 9.88 Å². The van der Waals surface area contributed by atoms with E-state index in [1.54, 1.807) is 11.3 Å². The summed E-state index contributed by atoms with van der Waals surface area (Å²) in [7, 11) is 0. The number of hydrogen-bond acceptors (Lipinski definition) is 7. The van der Waals surface area contributed by atoms with Crippen LogP contribution in [-0.2, 0) is 4.79 Å². The molecule has 0 radical (unpaired) electrons. The van der Waals surface area contributed by atoms with E-state index in [1.807, 2.05) is 11.4 Å². The molecule has 2 aliphatic rings. The third kappa shape index (κ3) is 3.47. The molecular weight excluding hydrogens is 352 g/mol. The van der Waals surface area contributed by atoms with Crippen LogP contribution in [0.2, 0.25) is 0 Å². The Bertz CT molecular complexity index is 801. The molecule has 1 amide bonds. The van der Waals surface area contributed by atoms with Crippen molar-refractivity contribution < 1.29 is 14.3 Å². The summed E-state index contributed by atoms with van der Waals surface area (Å²) in [6.07, 6.45) is 0. The van der Waals surface area contributed by atoms with Crippen LogP contribution in [-0.4, -0.2) is 48.8 Å². The lowest BCUT2D eigenvalue weighted by Gasteiger charge is -2.38. The van der Waals surface area contributed by atoms with Crippen molar-refractivity contribution in [2.45, 2.75) is 19.9 Å². The van der Waals surface area contributed by atoms with Crippen molar-refractivity contribution in [2.24, 2.45) is 0 Å². The highest BCUT2D eigenvalue weighted by Crippen LogP contribution is 2.35. The number of thiazole rings is 1. The molecule has 1 saturated heterocycles. The normalized spacial score (nSPS) is 18.0. The van der Waals surface area contributed by atoms with Crippen LogP contribution in [0.1, 0.15) is 25.5 Å². The van der Waals surface area contributed by atoms with Gasteiger partial charge in [-0.2, -0.15) is 0 Å². The number of fused-ring (bicyclic) bond motifs is 1. The topological polar surface area (TPSA) is 66.9 Å². The van der Waals surface area contributed by atoms with E-state index >= 15 is 0 Å².